The number of fused-ring (bicyclic) bond motifs is 3. The maximum absolute atomic E-state index is 11.4. The summed E-state index contributed by atoms with van der Waals surface area (Å²) in [4.78, 5) is 11.4. The summed E-state index contributed by atoms with van der Waals surface area (Å²) in [5.74, 6) is 0.191. The fourth-order valence-electron chi connectivity index (χ4n) is 3.00. The third kappa shape index (κ3) is 1.45. The van der Waals surface area contributed by atoms with E-state index < -0.39 is 5.79 Å². The van der Waals surface area contributed by atoms with E-state index >= 15 is 0 Å². The number of carbonyl (C=O) groups excluding carboxylic acids is 1. The maximum atomic E-state index is 11.4. The molecular formula is C12H16O3. The zero-order valence-corrected chi connectivity index (χ0v) is 9.16. The van der Waals surface area contributed by atoms with Gasteiger partial charge < -0.3 is 9.47 Å². The van der Waals surface area contributed by atoms with Gasteiger partial charge in [0.25, 0.3) is 0 Å². The topological polar surface area (TPSA) is 35.5 Å². The zero-order valence-electron chi connectivity index (χ0n) is 9.16. The van der Waals surface area contributed by atoms with E-state index in [1.54, 1.807) is 6.08 Å². The minimum absolute atomic E-state index is 0.0326. The van der Waals surface area contributed by atoms with E-state index in [-0.39, 0.29) is 18.0 Å². The molecule has 0 unspecified atom stereocenters. The van der Waals surface area contributed by atoms with E-state index in [9.17, 15) is 4.79 Å². The Morgan fingerprint density at radius 3 is 2.93 bits per heavy atom. The normalized spacial score (nSPS) is 42.4. The van der Waals surface area contributed by atoms with Crippen molar-refractivity contribution in [2.45, 2.75) is 51.1 Å². The second-order valence-corrected chi connectivity index (χ2v) is 5.18. The first kappa shape index (κ1) is 9.55. The standard InChI is InChI=1S/C12H16O3/c1-12(2)14-10-4-3-7-5-8(13)6-9(7)11(10)15-12/h6-7,10-11H,3-5H2,1-2H3/t7-,10-,11-/m0/s1. The minimum atomic E-state index is -0.489. The smallest absolute Gasteiger partial charge is 0.164 e. The summed E-state index contributed by atoms with van der Waals surface area (Å²) in [5.41, 5.74) is 1.18. The van der Waals surface area contributed by atoms with Crippen molar-refractivity contribution in [3.8, 4) is 0 Å². The minimum Gasteiger partial charge on any atom is -0.344 e. The molecule has 1 saturated carbocycles. The molecule has 3 rings (SSSR count). The lowest BCUT2D eigenvalue weighted by atomic mass is 9.82. The Bertz CT molecular complexity index is 343. The number of rotatable bonds is 0. The Kier molecular flexibility index (Phi) is 1.86. The van der Waals surface area contributed by atoms with Crippen LogP contribution in [0.15, 0.2) is 11.6 Å². The highest BCUT2D eigenvalue weighted by Crippen LogP contribution is 2.45. The molecule has 15 heavy (non-hydrogen) atoms. The highest BCUT2D eigenvalue weighted by atomic mass is 16.7. The second kappa shape index (κ2) is 2.92. The van der Waals surface area contributed by atoms with Gasteiger partial charge in [-0.05, 0) is 44.3 Å². The summed E-state index contributed by atoms with van der Waals surface area (Å²) in [6.07, 6.45) is 4.74. The van der Waals surface area contributed by atoms with Crippen molar-refractivity contribution in [1.29, 1.82) is 0 Å². The second-order valence-electron chi connectivity index (χ2n) is 5.18. The fourth-order valence-corrected chi connectivity index (χ4v) is 3.00. The van der Waals surface area contributed by atoms with Gasteiger partial charge in [-0.25, -0.2) is 0 Å². The Balaban J connectivity index is 1.91. The molecule has 82 valence electrons. The predicted octanol–water partition coefficient (Wildman–Crippen LogP) is 1.82. The van der Waals surface area contributed by atoms with E-state index in [2.05, 4.69) is 0 Å². The number of hydrogen-bond acceptors (Lipinski definition) is 3. The van der Waals surface area contributed by atoms with Crippen molar-refractivity contribution >= 4 is 5.78 Å². The van der Waals surface area contributed by atoms with Crippen molar-refractivity contribution in [1.82, 2.24) is 0 Å². The molecule has 1 heterocycles. The molecule has 3 nitrogen and oxygen atoms in total. The average Bonchev–Trinajstić information content (AvgIpc) is 2.62. The summed E-state index contributed by atoms with van der Waals surface area (Å²) in [5, 5.41) is 0. The molecular weight excluding hydrogens is 192 g/mol. The van der Waals surface area contributed by atoms with Crippen molar-refractivity contribution in [2.75, 3.05) is 0 Å². The van der Waals surface area contributed by atoms with Gasteiger partial charge in [-0.15, -0.1) is 0 Å². The van der Waals surface area contributed by atoms with Crippen LogP contribution in [0.2, 0.25) is 0 Å². The largest absolute Gasteiger partial charge is 0.344 e. The Hall–Kier alpha value is -0.670. The fraction of sp³-hybridized carbons (Fsp3) is 0.750. The molecule has 2 fully saturated rings. The van der Waals surface area contributed by atoms with Crippen LogP contribution in [0.3, 0.4) is 0 Å². The first-order valence-electron chi connectivity index (χ1n) is 5.65. The van der Waals surface area contributed by atoms with Gasteiger partial charge in [0.1, 0.15) is 6.10 Å². The van der Waals surface area contributed by atoms with E-state index in [1.165, 1.54) is 5.57 Å². The van der Waals surface area contributed by atoms with Crippen molar-refractivity contribution in [3.63, 3.8) is 0 Å². The predicted molar refractivity (Wildman–Crippen MR) is 54.3 cm³/mol. The molecule has 2 aliphatic carbocycles. The molecule has 0 N–H and O–H groups in total. The number of carbonyl (C=O) groups is 1. The van der Waals surface area contributed by atoms with Crippen LogP contribution >= 0.6 is 0 Å². The van der Waals surface area contributed by atoms with Gasteiger partial charge in [0, 0.05) is 6.42 Å². The molecule has 0 bridgehead atoms. The van der Waals surface area contributed by atoms with Crippen LogP contribution in [-0.2, 0) is 14.3 Å². The molecule has 0 aromatic rings. The van der Waals surface area contributed by atoms with Gasteiger partial charge in [-0.1, -0.05) is 0 Å². The monoisotopic (exact) mass is 208 g/mol. The number of hydrogen-bond donors (Lipinski definition) is 0. The molecule has 0 spiro atoms. The summed E-state index contributed by atoms with van der Waals surface area (Å²) in [7, 11) is 0. The van der Waals surface area contributed by atoms with Crippen LogP contribution < -0.4 is 0 Å². The first-order chi connectivity index (χ1) is 7.05. The first-order valence-corrected chi connectivity index (χ1v) is 5.65. The molecule has 0 amide bonds. The average molecular weight is 208 g/mol. The van der Waals surface area contributed by atoms with E-state index in [4.69, 9.17) is 9.47 Å². The van der Waals surface area contributed by atoms with Crippen LogP contribution in [0, 0.1) is 5.92 Å². The van der Waals surface area contributed by atoms with E-state index in [1.807, 2.05) is 13.8 Å². The van der Waals surface area contributed by atoms with Crippen LogP contribution in [0.25, 0.3) is 0 Å². The van der Waals surface area contributed by atoms with Gasteiger partial charge in [-0.2, -0.15) is 0 Å². The van der Waals surface area contributed by atoms with Crippen molar-refractivity contribution < 1.29 is 14.3 Å². The van der Waals surface area contributed by atoms with Gasteiger partial charge >= 0.3 is 0 Å². The van der Waals surface area contributed by atoms with Crippen molar-refractivity contribution in [3.05, 3.63) is 11.6 Å². The Morgan fingerprint density at radius 2 is 2.13 bits per heavy atom. The quantitative estimate of drug-likeness (QED) is 0.609. The summed E-state index contributed by atoms with van der Waals surface area (Å²) >= 11 is 0. The van der Waals surface area contributed by atoms with E-state index in [0.717, 1.165) is 12.8 Å². The van der Waals surface area contributed by atoms with Crippen LogP contribution in [0.1, 0.15) is 33.1 Å². The molecule has 0 radical (unpaired) electrons. The lowest BCUT2D eigenvalue weighted by molar-refractivity contribution is -0.143. The summed E-state index contributed by atoms with van der Waals surface area (Å²) in [6, 6.07) is 0. The van der Waals surface area contributed by atoms with Crippen LogP contribution in [0.4, 0.5) is 0 Å². The zero-order chi connectivity index (χ0) is 10.6. The van der Waals surface area contributed by atoms with Crippen LogP contribution in [-0.4, -0.2) is 23.8 Å². The highest BCUT2D eigenvalue weighted by Gasteiger charge is 2.48. The van der Waals surface area contributed by atoms with E-state index in [0.29, 0.717) is 12.3 Å². The number of ketones is 1. The third-order valence-corrected chi connectivity index (χ3v) is 3.56. The molecule has 3 atom stereocenters. The third-order valence-electron chi connectivity index (χ3n) is 3.56. The SMILES string of the molecule is CC1(C)O[C@H]2CC[C@H]3CC(=O)C=C3[C@@H]2O1. The Morgan fingerprint density at radius 1 is 1.33 bits per heavy atom. The summed E-state index contributed by atoms with van der Waals surface area (Å²) < 4.78 is 11.7. The summed E-state index contributed by atoms with van der Waals surface area (Å²) in [6.45, 7) is 3.88. The van der Waals surface area contributed by atoms with Crippen LogP contribution in [0.5, 0.6) is 0 Å². The lowest BCUT2D eigenvalue weighted by Crippen LogP contribution is -2.32. The molecule has 3 heteroatoms. The molecule has 0 aromatic carbocycles. The van der Waals surface area contributed by atoms with Gasteiger partial charge in [0.2, 0.25) is 0 Å². The van der Waals surface area contributed by atoms with Gasteiger partial charge in [-0.3, -0.25) is 4.79 Å². The number of ether oxygens (including phenoxy) is 2. The van der Waals surface area contributed by atoms with Crippen molar-refractivity contribution in [2.24, 2.45) is 5.92 Å². The molecule has 0 aromatic heterocycles. The molecule has 1 aliphatic heterocycles. The maximum Gasteiger partial charge on any atom is 0.164 e. The van der Waals surface area contributed by atoms with Gasteiger partial charge in [0.15, 0.2) is 11.6 Å². The molecule has 1 saturated heterocycles. The van der Waals surface area contributed by atoms with Gasteiger partial charge in [0.05, 0.1) is 6.10 Å². The Labute approximate surface area is 89.4 Å². The lowest BCUT2D eigenvalue weighted by Gasteiger charge is -2.28. The molecule has 3 aliphatic rings. The highest BCUT2D eigenvalue weighted by molar-refractivity contribution is 5.93. The number of allylic oxidation sites excluding steroid dienone is 1.